The first-order valence-corrected chi connectivity index (χ1v) is 10.3. The molecule has 0 amide bonds. The van der Waals surface area contributed by atoms with Gasteiger partial charge in [-0.3, -0.25) is 0 Å². The zero-order chi connectivity index (χ0) is 16.4. The molecule has 1 aliphatic carbocycles. The van der Waals surface area contributed by atoms with Gasteiger partial charge in [0, 0.05) is 12.1 Å². The van der Waals surface area contributed by atoms with Crippen LogP contribution >= 0.6 is 0 Å². The Morgan fingerprint density at radius 1 is 0.909 bits per heavy atom. The summed E-state index contributed by atoms with van der Waals surface area (Å²) in [6.45, 7) is 12.0. The SMILES string of the molecule is CCCCC(CC)C(CCC(C)NC1CCCCC1)C(C)C. The first kappa shape index (κ1) is 20.0. The van der Waals surface area contributed by atoms with Gasteiger partial charge in [0.15, 0.2) is 0 Å². The molecule has 0 heterocycles. The van der Waals surface area contributed by atoms with Crippen LogP contribution in [0.3, 0.4) is 0 Å². The van der Waals surface area contributed by atoms with Crippen LogP contribution in [0, 0.1) is 17.8 Å². The number of nitrogens with one attached hydrogen (secondary N) is 1. The highest BCUT2D eigenvalue weighted by molar-refractivity contribution is 4.78. The van der Waals surface area contributed by atoms with Gasteiger partial charge in [-0.05, 0) is 50.4 Å². The zero-order valence-electron chi connectivity index (χ0n) is 16.2. The third kappa shape index (κ3) is 7.49. The molecule has 3 atom stereocenters. The first-order chi connectivity index (χ1) is 10.6. The van der Waals surface area contributed by atoms with Crippen molar-refractivity contribution in [3.05, 3.63) is 0 Å². The average molecular weight is 310 g/mol. The van der Waals surface area contributed by atoms with Crippen molar-refractivity contribution in [1.82, 2.24) is 5.32 Å². The second-order valence-electron chi connectivity index (χ2n) is 8.20. The molecule has 1 heteroatoms. The molecule has 0 aliphatic heterocycles. The Bertz CT molecular complexity index is 255. The molecule has 1 nitrogen and oxygen atoms in total. The fourth-order valence-electron chi connectivity index (χ4n) is 4.50. The Labute approximate surface area is 141 Å². The molecular weight excluding hydrogens is 266 g/mol. The maximum atomic E-state index is 3.91. The molecule has 1 saturated carbocycles. The molecule has 1 aliphatic rings. The second-order valence-corrected chi connectivity index (χ2v) is 8.20. The lowest BCUT2D eigenvalue weighted by Crippen LogP contribution is -2.38. The van der Waals surface area contributed by atoms with E-state index in [9.17, 15) is 0 Å². The predicted octanol–water partition coefficient (Wildman–Crippen LogP) is 6.57. The van der Waals surface area contributed by atoms with E-state index in [1.165, 1.54) is 70.6 Å². The molecule has 0 saturated heterocycles. The predicted molar refractivity (Wildman–Crippen MR) is 100 cm³/mol. The third-order valence-electron chi connectivity index (χ3n) is 5.97. The molecule has 1 fully saturated rings. The molecule has 1 N–H and O–H groups in total. The van der Waals surface area contributed by atoms with E-state index in [1.54, 1.807) is 0 Å². The van der Waals surface area contributed by atoms with Crippen LogP contribution in [0.2, 0.25) is 0 Å². The van der Waals surface area contributed by atoms with Crippen LogP contribution in [0.1, 0.15) is 105 Å². The Morgan fingerprint density at radius 2 is 1.59 bits per heavy atom. The van der Waals surface area contributed by atoms with Crippen molar-refractivity contribution in [3.8, 4) is 0 Å². The standard InChI is InChI=1S/C21H43N/c1-6-8-12-19(7-2)21(17(3)4)16-15-18(5)22-20-13-10-9-11-14-20/h17-22H,6-16H2,1-5H3. The quantitative estimate of drug-likeness (QED) is 0.455. The van der Waals surface area contributed by atoms with Gasteiger partial charge >= 0.3 is 0 Å². The maximum Gasteiger partial charge on any atom is 0.00695 e. The molecule has 132 valence electrons. The average Bonchev–Trinajstić information content (AvgIpc) is 2.51. The Hall–Kier alpha value is -0.0400. The van der Waals surface area contributed by atoms with E-state index in [-0.39, 0.29) is 0 Å². The molecule has 0 bridgehead atoms. The fraction of sp³-hybridized carbons (Fsp3) is 1.00. The zero-order valence-corrected chi connectivity index (χ0v) is 16.2. The molecule has 22 heavy (non-hydrogen) atoms. The van der Waals surface area contributed by atoms with Crippen LogP contribution in [0.15, 0.2) is 0 Å². The van der Waals surface area contributed by atoms with E-state index in [1.807, 2.05) is 0 Å². The van der Waals surface area contributed by atoms with Gasteiger partial charge in [0.1, 0.15) is 0 Å². The second kappa shape index (κ2) is 11.5. The Balaban J connectivity index is 2.38. The van der Waals surface area contributed by atoms with E-state index < -0.39 is 0 Å². The highest BCUT2D eigenvalue weighted by Gasteiger charge is 2.24. The summed E-state index contributed by atoms with van der Waals surface area (Å²) in [5.41, 5.74) is 0. The van der Waals surface area contributed by atoms with Crippen LogP contribution in [0.25, 0.3) is 0 Å². The van der Waals surface area contributed by atoms with E-state index in [0.717, 1.165) is 23.8 Å². The molecule has 1 rings (SSSR count). The summed E-state index contributed by atoms with van der Waals surface area (Å²) < 4.78 is 0. The number of rotatable bonds is 11. The minimum absolute atomic E-state index is 0.702. The van der Waals surface area contributed by atoms with E-state index >= 15 is 0 Å². The van der Waals surface area contributed by atoms with Crippen molar-refractivity contribution in [1.29, 1.82) is 0 Å². The molecule has 0 spiro atoms. The number of hydrogen-bond acceptors (Lipinski definition) is 1. The molecule has 0 aromatic rings. The monoisotopic (exact) mass is 309 g/mol. The highest BCUT2D eigenvalue weighted by atomic mass is 14.9. The van der Waals surface area contributed by atoms with Crippen molar-refractivity contribution in [2.24, 2.45) is 17.8 Å². The summed E-state index contributed by atoms with van der Waals surface area (Å²) in [5, 5.41) is 3.91. The fourth-order valence-corrected chi connectivity index (χ4v) is 4.50. The van der Waals surface area contributed by atoms with Gasteiger partial charge in [-0.2, -0.15) is 0 Å². The van der Waals surface area contributed by atoms with Crippen LogP contribution in [0.4, 0.5) is 0 Å². The first-order valence-electron chi connectivity index (χ1n) is 10.3. The van der Waals surface area contributed by atoms with Crippen molar-refractivity contribution in [2.75, 3.05) is 0 Å². The number of unbranched alkanes of at least 4 members (excludes halogenated alkanes) is 1. The molecule has 3 unspecified atom stereocenters. The Morgan fingerprint density at radius 3 is 2.14 bits per heavy atom. The molecular formula is C21H43N. The van der Waals surface area contributed by atoms with E-state index in [4.69, 9.17) is 0 Å². The maximum absolute atomic E-state index is 3.91. The van der Waals surface area contributed by atoms with Crippen LogP contribution in [-0.4, -0.2) is 12.1 Å². The van der Waals surface area contributed by atoms with Crippen molar-refractivity contribution in [2.45, 2.75) is 117 Å². The molecule has 0 aromatic heterocycles. The van der Waals surface area contributed by atoms with Gasteiger partial charge in [-0.15, -0.1) is 0 Å². The van der Waals surface area contributed by atoms with Gasteiger partial charge in [0.05, 0.1) is 0 Å². The lowest BCUT2D eigenvalue weighted by Gasteiger charge is -2.32. The molecule has 0 radical (unpaired) electrons. The van der Waals surface area contributed by atoms with Gasteiger partial charge in [0.25, 0.3) is 0 Å². The molecule has 0 aromatic carbocycles. The smallest absolute Gasteiger partial charge is 0.00695 e. The van der Waals surface area contributed by atoms with Crippen molar-refractivity contribution >= 4 is 0 Å². The van der Waals surface area contributed by atoms with Crippen molar-refractivity contribution in [3.63, 3.8) is 0 Å². The lowest BCUT2D eigenvalue weighted by atomic mass is 9.76. The van der Waals surface area contributed by atoms with Crippen LogP contribution in [-0.2, 0) is 0 Å². The van der Waals surface area contributed by atoms with Gasteiger partial charge < -0.3 is 5.32 Å². The summed E-state index contributed by atoms with van der Waals surface area (Å²) in [6, 6.07) is 1.51. The van der Waals surface area contributed by atoms with Gasteiger partial charge in [-0.25, -0.2) is 0 Å². The van der Waals surface area contributed by atoms with Crippen LogP contribution < -0.4 is 5.32 Å². The third-order valence-corrected chi connectivity index (χ3v) is 5.97. The number of hydrogen-bond donors (Lipinski definition) is 1. The lowest BCUT2D eigenvalue weighted by molar-refractivity contribution is 0.201. The minimum atomic E-state index is 0.702. The normalized spacial score (nSPS) is 21.0. The summed E-state index contributed by atoms with van der Waals surface area (Å²) in [6.07, 6.45) is 15.5. The largest absolute Gasteiger partial charge is 0.312 e. The van der Waals surface area contributed by atoms with Crippen molar-refractivity contribution < 1.29 is 0 Å². The van der Waals surface area contributed by atoms with E-state index in [0.29, 0.717) is 6.04 Å². The summed E-state index contributed by atoms with van der Waals surface area (Å²) in [4.78, 5) is 0. The van der Waals surface area contributed by atoms with Gasteiger partial charge in [0.2, 0.25) is 0 Å². The topological polar surface area (TPSA) is 12.0 Å². The minimum Gasteiger partial charge on any atom is -0.312 e. The Kier molecular flexibility index (Phi) is 10.4. The highest BCUT2D eigenvalue weighted by Crippen LogP contribution is 2.32. The van der Waals surface area contributed by atoms with E-state index in [2.05, 4.69) is 39.9 Å². The summed E-state index contributed by atoms with van der Waals surface area (Å²) in [7, 11) is 0. The van der Waals surface area contributed by atoms with Crippen LogP contribution in [0.5, 0.6) is 0 Å². The summed E-state index contributed by atoms with van der Waals surface area (Å²) in [5.74, 6) is 2.71. The summed E-state index contributed by atoms with van der Waals surface area (Å²) >= 11 is 0. The van der Waals surface area contributed by atoms with Gasteiger partial charge in [-0.1, -0.05) is 72.6 Å².